The van der Waals surface area contributed by atoms with Gasteiger partial charge >= 0.3 is 0 Å². The number of nitrogens with zero attached hydrogens (tertiary/aromatic N) is 1. The number of rotatable bonds is 6. The van der Waals surface area contributed by atoms with Crippen LogP contribution in [0.25, 0.3) is 0 Å². The summed E-state index contributed by atoms with van der Waals surface area (Å²) >= 11 is 0. The van der Waals surface area contributed by atoms with Crippen LogP contribution in [0.15, 0.2) is 24.3 Å². The molecule has 3 heteroatoms. The van der Waals surface area contributed by atoms with Crippen LogP contribution in [0.3, 0.4) is 0 Å². The van der Waals surface area contributed by atoms with E-state index in [2.05, 4.69) is 25.7 Å². The third kappa shape index (κ3) is 5.61. The summed E-state index contributed by atoms with van der Waals surface area (Å²) in [6.45, 7) is 4.83. The lowest BCUT2D eigenvalue weighted by Gasteiger charge is -2.22. The molecule has 1 N–H and O–H groups in total. The van der Waals surface area contributed by atoms with E-state index in [0.29, 0.717) is 13.0 Å². The SMILES string of the molecule is CCC(CC)C(=O)N(C)Cc1ccc(C#CCCO)cc1. The standard InChI is InChI=1S/C18H25NO2/c1-4-17(5-2)18(21)19(3)14-16-11-9-15(10-12-16)8-6-7-13-20/h9-12,17,20H,4-5,7,13-14H2,1-3H3. The summed E-state index contributed by atoms with van der Waals surface area (Å²) in [4.78, 5) is 14.0. The van der Waals surface area contributed by atoms with Gasteiger partial charge in [0, 0.05) is 31.5 Å². The van der Waals surface area contributed by atoms with Gasteiger partial charge in [-0.05, 0) is 30.5 Å². The lowest BCUT2D eigenvalue weighted by atomic mass is 10.0. The van der Waals surface area contributed by atoms with Crippen molar-refractivity contribution in [1.82, 2.24) is 4.90 Å². The first-order valence-electron chi connectivity index (χ1n) is 7.56. The Balaban J connectivity index is 2.63. The van der Waals surface area contributed by atoms with Gasteiger partial charge < -0.3 is 10.0 Å². The van der Waals surface area contributed by atoms with Gasteiger partial charge in [-0.3, -0.25) is 4.79 Å². The molecule has 0 aliphatic rings. The summed E-state index contributed by atoms with van der Waals surface area (Å²) in [6, 6.07) is 7.91. The van der Waals surface area contributed by atoms with Gasteiger partial charge in [0.15, 0.2) is 0 Å². The molecule has 1 aromatic carbocycles. The van der Waals surface area contributed by atoms with Crippen LogP contribution in [0.4, 0.5) is 0 Å². The van der Waals surface area contributed by atoms with E-state index in [1.165, 1.54) is 0 Å². The van der Waals surface area contributed by atoms with Crippen molar-refractivity contribution in [2.75, 3.05) is 13.7 Å². The molecule has 0 fully saturated rings. The summed E-state index contributed by atoms with van der Waals surface area (Å²) < 4.78 is 0. The molecule has 0 aliphatic heterocycles. The normalized spacial score (nSPS) is 10.1. The van der Waals surface area contributed by atoms with Gasteiger partial charge in [0.2, 0.25) is 5.91 Å². The molecular formula is C18H25NO2. The maximum Gasteiger partial charge on any atom is 0.225 e. The number of aliphatic hydroxyl groups is 1. The molecule has 0 aromatic heterocycles. The van der Waals surface area contributed by atoms with Crippen molar-refractivity contribution in [2.45, 2.75) is 39.7 Å². The highest BCUT2D eigenvalue weighted by Gasteiger charge is 2.18. The third-order valence-electron chi connectivity index (χ3n) is 3.55. The Bertz CT molecular complexity index is 492. The Hall–Kier alpha value is -1.79. The smallest absolute Gasteiger partial charge is 0.225 e. The fourth-order valence-electron chi connectivity index (χ4n) is 2.22. The first-order chi connectivity index (χ1) is 10.1. The first kappa shape index (κ1) is 17.3. The highest BCUT2D eigenvalue weighted by molar-refractivity contribution is 5.78. The average Bonchev–Trinajstić information content (AvgIpc) is 2.50. The second-order valence-electron chi connectivity index (χ2n) is 5.18. The van der Waals surface area contributed by atoms with Crippen molar-refractivity contribution in [1.29, 1.82) is 0 Å². The predicted octanol–water partition coefficient (Wildman–Crippen LogP) is 2.82. The second-order valence-corrected chi connectivity index (χ2v) is 5.18. The molecule has 0 unspecified atom stereocenters. The van der Waals surface area contributed by atoms with Crippen LogP contribution in [0.2, 0.25) is 0 Å². The molecule has 1 amide bonds. The molecule has 114 valence electrons. The zero-order valence-corrected chi connectivity index (χ0v) is 13.2. The van der Waals surface area contributed by atoms with Gasteiger partial charge in [-0.15, -0.1) is 0 Å². The Morgan fingerprint density at radius 3 is 2.38 bits per heavy atom. The quantitative estimate of drug-likeness (QED) is 0.817. The minimum atomic E-state index is 0.0913. The van der Waals surface area contributed by atoms with Crippen molar-refractivity contribution >= 4 is 5.91 Å². The number of aliphatic hydroxyl groups excluding tert-OH is 1. The van der Waals surface area contributed by atoms with Gasteiger partial charge in [0.25, 0.3) is 0 Å². The topological polar surface area (TPSA) is 40.5 Å². The Morgan fingerprint density at radius 2 is 1.86 bits per heavy atom. The largest absolute Gasteiger partial charge is 0.395 e. The maximum absolute atomic E-state index is 12.2. The molecule has 0 saturated carbocycles. The molecule has 0 saturated heterocycles. The van der Waals surface area contributed by atoms with Gasteiger partial charge in [0.05, 0.1) is 6.61 Å². The molecule has 0 heterocycles. The van der Waals surface area contributed by atoms with Gasteiger partial charge in [-0.25, -0.2) is 0 Å². The Labute approximate surface area is 128 Å². The van der Waals surface area contributed by atoms with Crippen LogP contribution in [0, 0.1) is 17.8 Å². The first-order valence-corrected chi connectivity index (χ1v) is 7.56. The van der Waals surface area contributed by atoms with E-state index in [1.54, 1.807) is 4.90 Å². The van der Waals surface area contributed by atoms with E-state index in [1.807, 2.05) is 31.3 Å². The van der Waals surface area contributed by atoms with E-state index in [0.717, 1.165) is 24.0 Å². The van der Waals surface area contributed by atoms with E-state index in [9.17, 15) is 4.79 Å². The number of carbonyl (C=O) groups is 1. The lowest BCUT2D eigenvalue weighted by molar-refractivity contribution is -0.134. The third-order valence-corrected chi connectivity index (χ3v) is 3.55. The molecule has 0 aliphatic carbocycles. The summed E-state index contributed by atoms with van der Waals surface area (Å²) in [5, 5.41) is 8.68. The van der Waals surface area contributed by atoms with Crippen molar-refractivity contribution in [3.8, 4) is 11.8 Å². The van der Waals surface area contributed by atoms with Crippen molar-refractivity contribution < 1.29 is 9.90 Å². The minimum absolute atomic E-state index is 0.0913. The summed E-state index contributed by atoms with van der Waals surface area (Å²) in [7, 11) is 1.86. The van der Waals surface area contributed by atoms with Crippen molar-refractivity contribution in [2.24, 2.45) is 5.92 Å². The molecule has 1 aromatic rings. The van der Waals surface area contributed by atoms with Crippen LogP contribution in [0.5, 0.6) is 0 Å². The zero-order chi connectivity index (χ0) is 15.7. The fraction of sp³-hybridized carbons (Fsp3) is 0.500. The predicted molar refractivity (Wildman–Crippen MR) is 85.6 cm³/mol. The van der Waals surface area contributed by atoms with E-state index < -0.39 is 0 Å². The minimum Gasteiger partial charge on any atom is -0.395 e. The summed E-state index contributed by atoms with van der Waals surface area (Å²) in [6.07, 6.45) is 2.27. The van der Waals surface area contributed by atoms with Crippen LogP contribution >= 0.6 is 0 Å². The van der Waals surface area contributed by atoms with Gasteiger partial charge in [0.1, 0.15) is 0 Å². The van der Waals surface area contributed by atoms with E-state index in [4.69, 9.17) is 5.11 Å². The van der Waals surface area contributed by atoms with E-state index >= 15 is 0 Å². The number of carbonyl (C=O) groups excluding carboxylic acids is 1. The Morgan fingerprint density at radius 1 is 1.24 bits per heavy atom. The van der Waals surface area contributed by atoms with E-state index in [-0.39, 0.29) is 18.4 Å². The van der Waals surface area contributed by atoms with Crippen LogP contribution in [0.1, 0.15) is 44.2 Å². The maximum atomic E-state index is 12.2. The average molecular weight is 287 g/mol. The summed E-state index contributed by atoms with van der Waals surface area (Å²) in [5.74, 6) is 6.23. The van der Waals surface area contributed by atoms with Gasteiger partial charge in [-0.1, -0.05) is 37.8 Å². The van der Waals surface area contributed by atoms with Crippen LogP contribution in [-0.4, -0.2) is 29.6 Å². The highest BCUT2D eigenvalue weighted by atomic mass is 16.2. The second kappa shape index (κ2) is 9.20. The Kier molecular flexibility index (Phi) is 7.56. The molecule has 21 heavy (non-hydrogen) atoms. The van der Waals surface area contributed by atoms with Crippen molar-refractivity contribution in [3.05, 3.63) is 35.4 Å². The molecule has 0 radical (unpaired) electrons. The van der Waals surface area contributed by atoms with Gasteiger partial charge in [-0.2, -0.15) is 0 Å². The molecular weight excluding hydrogens is 262 g/mol. The molecule has 0 bridgehead atoms. The highest BCUT2D eigenvalue weighted by Crippen LogP contribution is 2.13. The van der Waals surface area contributed by atoms with Crippen LogP contribution in [-0.2, 0) is 11.3 Å². The number of benzene rings is 1. The number of hydrogen-bond donors (Lipinski definition) is 1. The molecule has 0 atom stereocenters. The fourth-order valence-corrected chi connectivity index (χ4v) is 2.22. The number of amides is 1. The molecule has 3 nitrogen and oxygen atoms in total. The molecule has 1 rings (SSSR count). The molecule has 0 spiro atoms. The number of hydrogen-bond acceptors (Lipinski definition) is 2. The monoisotopic (exact) mass is 287 g/mol. The zero-order valence-electron chi connectivity index (χ0n) is 13.2. The summed E-state index contributed by atoms with van der Waals surface area (Å²) in [5.41, 5.74) is 2.03. The van der Waals surface area contributed by atoms with Crippen molar-refractivity contribution in [3.63, 3.8) is 0 Å². The lowest BCUT2D eigenvalue weighted by Crippen LogP contribution is -2.32. The van der Waals surface area contributed by atoms with Crippen LogP contribution < -0.4 is 0 Å².